The smallest absolute Gasteiger partial charge is 0.331 e. The maximum atomic E-state index is 12.8. The molecule has 150 valence electrons. The first-order valence-corrected chi connectivity index (χ1v) is 10.8. The lowest BCUT2D eigenvalue weighted by molar-refractivity contribution is -0.143. The average Bonchev–Trinajstić information content (AvgIpc) is 3.05. The molecular formula is C22H21NO5S. The summed E-state index contributed by atoms with van der Waals surface area (Å²) in [5, 5.41) is 1.11. The number of aryl methyl sites for hydroxylation is 1. The zero-order valence-electron chi connectivity index (χ0n) is 15.9. The molecule has 0 unspecified atom stereocenters. The fourth-order valence-electron chi connectivity index (χ4n) is 3.02. The van der Waals surface area contributed by atoms with E-state index in [9.17, 15) is 18.0 Å². The van der Waals surface area contributed by atoms with Gasteiger partial charge < -0.3 is 9.64 Å². The van der Waals surface area contributed by atoms with Crippen molar-refractivity contribution in [2.24, 2.45) is 0 Å². The zero-order chi connectivity index (χ0) is 20.9. The summed E-state index contributed by atoms with van der Waals surface area (Å²) in [6.07, 6.45) is 4.34. The number of nitrogens with zero attached hydrogens (tertiary/aromatic N) is 1. The van der Waals surface area contributed by atoms with Gasteiger partial charge in [0, 0.05) is 17.2 Å². The Morgan fingerprint density at radius 3 is 2.55 bits per heavy atom. The zero-order valence-corrected chi connectivity index (χ0v) is 16.7. The van der Waals surface area contributed by atoms with E-state index in [2.05, 4.69) is 0 Å². The predicted octanol–water partition coefficient (Wildman–Crippen LogP) is 2.90. The minimum atomic E-state index is -3.35. The number of benzene rings is 2. The first-order valence-electron chi connectivity index (χ1n) is 9.04. The molecule has 7 heteroatoms. The second kappa shape index (κ2) is 8.87. The summed E-state index contributed by atoms with van der Waals surface area (Å²) in [6.45, 7) is 1.46. The number of ether oxygens (including phenoxy) is 1. The minimum Gasteiger partial charge on any atom is -0.452 e. The lowest BCUT2D eigenvalue weighted by atomic mass is 10.1. The van der Waals surface area contributed by atoms with Crippen molar-refractivity contribution in [3.8, 4) is 0 Å². The Hall–Kier alpha value is -3.19. The fraction of sp³-hybridized carbons (Fsp3) is 0.182. The molecule has 0 radical (unpaired) electrons. The van der Waals surface area contributed by atoms with Crippen LogP contribution >= 0.6 is 0 Å². The van der Waals surface area contributed by atoms with Gasteiger partial charge in [-0.15, -0.1) is 0 Å². The maximum Gasteiger partial charge on any atom is 0.331 e. The monoisotopic (exact) mass is 411 g/mol. The van der Waals surface area contributed by atoms with Crippen LogP contribution in [0.3, 0.4) is 0 Å². The number of sulfone groups is 1. The third-order valence-electron chi connectivity index (χ3n) is 4.34. The summed E-state index contributed by atoms with van der Waals surface area (Å²) in [5.74, 6) is -1.35. The van der Waals surface area contributed by atoms with Crippen molar-refractivity contribution in [2.75, 3.05) is 17.3 Å². The lowest BCUT2D eigenvalue weighted by Crippen LogP contribution is -2.43. The molecule has 2 aromatic carbocycles. The van der Waals surface area contributed by atoms with Crippen molar-refractivity contribution >= 4 is 33.5 Å². The number of carbonyl (C=O) groups is 2. The fourth-order valence-corrected chi connectivity index (χ4v) is 4.29. The lowest BCUT2D eigenvalue weighted by Gasteiger charge is -2.27. The predicted molar refractivity (Wildman–Crippen MR) is 112 cm³/mol. The van der Waals surface area contributed by atoms with Crippen molar-refractivity contribution in [1.82, 2.24) is 0 Å². The number of esters is 1. The standard InChI is InChI=1S/C22H21NO5S/c1-17-6-5-7-18(14-17)10-11-22(25)28-15-21(24)23(19-8-3-2-4-9-19)20-12-13-29(26,27)16-20/h2-14,20H,15-16H2,1H3/b11-10+/t20-/m0/s1. The second-order valence-corrected chi connectivity index (χ2v) is 8.61. The molecule has 0 saturated heterocycles. The summed E-state index contributed by atoms with van der Waals surface area (Å²) in [7, 11) is -3.35. The van der Waals surface area contributed by atoms with E-state index in [0.717, 1.165) is 16.5 Å². The van der Waals surface area contributed by atoms with E-state index >= 15 is 0 Å². The maximum absolute atomic E-state index is 12.8. The van der Waals surface area contributed by atoms with Crippen LogP contribution < -0.4 is 4.90 Å². The van der Waals surface area contributed by atoms with Gasteiger partial charge in [0.1, 0.15) is 0 Å². The number of hydrogen-bond donors (Lipinski definition) is 0. The molecule has 0 spiro atoms. The highest BCUT2D eigenvalue weighted by Crippen LogP contribution is 2.22. The molecule has 1 heterocycles. The van der Waals surface area contributed by atoms with Gasteiger partial charge in [-0.2, -0.15) is 0 Å². The number of amides is 1. The van der Waals surface area contributed by atoms with Gasteiger partial charge in [0.25, 0.3) is 5.91 Å². The van der Waals surface area contributed by atoms with Crippen LogP contribution in [0.25, 0.3) is 6.08 Å². The van der Waals surface area contributed by atoms with Crippen LogP contribution in [-0.4, -0.2) is 38.7 Å². The van der Waals surface area contributed by atoms with Crippen molar-refractivity contribution in [1.29, 1.82) is 0 Å². The first-order chi connectivity index (χ1) is 13.8. The molecule has 0 bridgehead atoms. The Morgan fingerprint density at radius 1 is 1.14 bits per heavy atom. The normalized spacial score (nSPS) is 17.3. The highest BCUT2D eigenvalue weighted by molar-refractivity contribution is 7.94. The molecular weight excluding hydrogens is 390 g/mol. The molecule has 2 aromatic rings. The van der Waals surface area contributed by atoms with Crippen LogP contribution in [0.4, 0.5) is 5.69 Å². The van der Waals surface area contributed by atoms with Gasteiger partial charge in [0.15, 0.2) is 16.4 Å². The topological polar surface area (TPSA) is 80.8 Å². The van der Waals surface area contributed by atoms with Crippen molar-refractivity contribution in [2.45, 2.75) is 13.0 Å². The van der Waals surface area contributed by atoms with E-state index in [1.807, 2.05) is 31.2 Å². The number of hydrogen-bond acceptors (Lipinski definition) is 5. The molecule has 0 aromatic heterocycles. The molecule has 6 nitrogen and oxygen atoms in total. The van der Waals surface area contributed by atoms with E-state index in [0.29, 0.717) is 5.69 Å². The Labute approximate surface area is 170 Å². The second-order valence-electron chi connectivity index (χ2n) is 6.68. The number of para-hydroxylation sites is 1. The molecule has 29 heavy (non-hydrogen) atoms. The molecule has 0 aliphatic carbocycles. The van der Waals surface area contributed by atoms with Crippen molar-refractivity contribution in [3.63, 3.8) is 0 Å². The molecule has 0 saturated carbocycles. The molecule has 1 aliphatic rings. The summed E-state index contributed by atoms with van der Waals surface area (Å²) in [5.41, 5.74) is 2.45. The van der Waals surface area contributed by atoms with Gasteiger partial charge in [-0.25, -0.2) is 13.2 Å². The largest absolute Gasteiger partial charge is 0.452 e. The van der Waals surface area contributed by atoms with E-state index in [1.165, 1.54) is 17.1 Å². The number of anilines is 1. The van der Waals surface area contributed by atoms with Gasteiger partial charge in [-0.3, -0.25) is 4.79 Å². The SMILES string of the molecule is Cc1cccc(/C=C/C(=O)OCC(=O)N(c2ccccc2)[C@H]2C=CS(=O)(=O)C2)c1. The summed E-state index contributed by atoms with van der Waals surface area (Å²) < 4.78 is 28.7. The third kappa shape index (κ3) is 5.65. The third-order valence-corrected chi connectivity index (χ3v) is 5.72. The minimum absolute atomic E-state index is 0.200. The van der Waals surface area contributed by atoms with Crippen LogP contribution in [0.2, 0.25) is 0 Å². The number of carbonyl (C=O) groups excluding carboxylic acids is 2. The van der Waals surface area contributed by atoms with Crippen LogP contribution in [0.5, 0.6) is 0 Å². The molecule has 0 N–H and O–H groups in total. The molecule has 0 fully saturated rings. The van der Waals surface area contributed by atoms with Gasteiger partial charge in [0.05, 0.1) is 11.8 Å². The highest BCUT2D eigenvalue weighted by Gasteiger charge is 2.31. The highest BCUT2D eigenvalue weighted by atomic mass is 32.2. The average molecular weight is 411 g/mol. The van der Waals surface area contributed by atoms with E-state index < -0.39 is 34.4 Å². The van der Waals surface area contributed by atoms with Gasteiger partial charge in [-0.05, 0) is 36.8 Å². The molecule has 1 amide bonds. The van der Waals surface area contributed by atoms with Gasteiger partial charge in [-0.1, -0.05) is 48.0 Å². The van der Waals surface area contributed by atoms with Crippen molar-refractivity contribution in [3.05, 3.63) is 83.3 Å². The molecule has 1 atom stereocenters. The Bertz CT molecular complexity index is 1060. The van der Waals surface area contributed by atoms with Crippen molar-refractivity contribution < 1.29 is 22.7 Å². The van der Waals surface area contributed by atoms with Gasteiger partial charge >= 0.3 is 5.97 Å². The van der Waals surface area contributed by atoms with E-state index in [4.69, 9.17) is 4.74 Å². The summed E-state index contributed by atoms with van der Waals surface area (Å²) in [4.78, 5) is 26.1. The summed E-state index contributed by atoms with van der Waals surface area (Å²) >= 11 is 0. The molecule has 1 aliphatic heterocycles. The quantitative estimate of drug-likeness (QED) is 0.539. The van der Waals surface area contributed by atoms with Crippen LogP contribution in [0.1, 0.15) is 11.1 Å². The van der Waals surface area contributed by atoms with Crippen LogP contribution in [0, 0.1) is 6.92 Å². The first kappa shape index (κ1) is 20.5. The van der Waals surface area contributed by atoms with Gasteiger partial charge in [0.2, 0.25) is 0 Å². The van der Waals surface area contributed by atoms with Crippen LogP contribution in [0.15, 0.2) is 72.2 Å². The Morgan fingerprint density at radius 2 is 1.90 bits per heavy atom. The molecule has 3 rings (SSSR count). The summed E-state index contributed by atoms with van der Waals surface area (Å²) in [6, 6.07) is 15.7. The van der Waals surface area contributed by atoms with E-state index in [1.54, 1.807) is 36.4 Å². The van der Waals surface area contributed by atoms with E-state index in [-0.39, 0.29) is 5.75 Å². The van der Waals surface area contributed by atoms with Crippen LogP contribution in [-0.2, 0) is 24.2 Å². The number of rotatable bonds is 6. The Balaban J connectivity index is 1.67. The Kier molecular flexibility index (Phi) is 6.29.